The van der Waals surface area contributed by atoms with Crippen LogP contribution in [-0.4, -0.2) is 48.3 Å². The van der Waals surface area contributed by atoms with Crippen molar-refractivity contribution in [3.63, 3.8) is 0 Å². The summed E-state index contributed by atoms with van der Waals surface area (Å²) in [7, 11) is 0. The van der Waals surface area contributed by atoms with Crippen LogP contribution < -0.4 is 5.32 Å². The summed E-state index contributed by atoms with van der Waals surface area (Å²) in [6.07, 6.45) is 4.15. The number of likely N-dealkylation sites (tertiary alicyclic amines) is 1. The van der Waals surface area contributed by atoms with E-state index >= 15 is 0 Å². The van der Waals surface area contributed by atoms with Crippen LogP contribution in [0.1, 0.15) is 52.0 Å². The standard InChI is InChI=1S/C20H34N2O/c1-17(16-20(2,3)18-8-5-4-6-9-18)21-12-7-13-22-14-10-19(23)11-15-22/h4-6,8-9,17,19,21,23H,7,10-16H2,1-3H3. The summed E-state index contributed by atoms with van der Waals surface area (Å²) in [6, 6.07) is 11.3. The monoisotopic (exact) mass is 318 g/mol. The number of hydrogen-bond acceptors (Lipinski definition) is 3. The van der Waals surface area contributed by atoms with Gasteiger partial charge in [-0.25, -0.2) is 0 Å². The smallest absolute Gasteiger partial charge is 0.0564 e. The van der Waals surface area contributed by atoms with Gasteiger partial charge in [-0.3, -0.25) is 0 Å². The molecule has 130 valence electrons. The lowest BCUT2D eigenvalue weighted by atomic mass is 9.79. The van der Waals surface area contributed by atoms with Crippen molar-refractivity contribution in [2.45, 2.75) is 64.0 Å². The van der Waals surface area contributed by atoms with Crippen LogP contribution >= 0.6 is 0 Å². The number of nitrogens with zero attached hydrogens (tertiary/aromatic N) is 1. The Morgan fingerprint density at radius 1 is 1.22 bits per heavy atom. The second kappa shape index (κ2) is 8.81. The van der Waals surface area contributed by atoms with Gasteiger partial charge in [-0.15, -0.1) is 0 Å². The Bertz CT molecular complexity index is 438. The highest BCUT2D eigenvalue weighted by Gasteiger charge is 2.23. The summed E-state index contributed by atoms with van der Waals surface area (Å²) in [5.41, 5.74) is 1.62. The van der Waals surface area contributed by atoms with Crippen molar-refractivity contribution in [2.24, 2.45) is 0 Å². The van der Waals surface area contributed by atoms with Crippen LogP contribution in [0.15, 0.2) is 30.3 Å². The fourth-order valence-corrected chi connectivity index (χ4v) is 3.64. The summed E-state index contributed by atoms with van der Waals surface area (Å²) in [6.45, 7) is 11.3. The molecule has 1 atom stereocenters. The molecule has 3 heteroatoms. The molecular formula is C20H34N2O. The van der Waals surface area contributed by atoms with E-state index in [4.69, 9.17) is 0 Å². The highest BCUT2D eigenvalue weighted by atomic mass is 16.3. The van der Waals surface area contributed by atoms with Crippen LogP contribution in [-0.2, 0) is 5.41 Å². The van der Waals surface area contributed by atoms with E-state index in [0.717, 1.165) is 45.4 Å². The van der Waals surface area contributed by atoms with Crippen LogP contribution in [0.3, 0.4) is 0 Å². The third-order valence-corrected chi connectivity index (χ3v) is 5.07. The van der Waals surface area contributed by atoms with Crippen LogP contribution in [0.5, 0.6) is 0 Å². The van der Waals surface area contributed by atoms with E-state index in [2.05, 4.69) is 61.3 Å². The molecule has 1 saturated heterocycles. The minimum absolute atomic E-state index is 0.0652. The van der Waals surface area contributed by atoms with Crippen molar-refractivity contribution in [1.82, 2.24) is 10.2 Å². The maximum atomic E-state index is 9.53. The Morgan fingerprint density at radius 3 is 2.52 bits per heavy atom. The molecule has 0 aliphatic carbocycles. The summed E-state index contributed by atoms with van der Waals surface area (Å²) in [5.74, 6) is 0. The molecule has 0 amide bonds. The second-order valence-corrected chi connectivity index (χ2v) is 7.74. The third kappa shape index (κ3) is 6.25. The minimum Gasteiger partial charge on any atom is -0.393 e. The fraction of sp³-hybridized carbons (Fsp3) is 0.700. The molecule has 3 nitrogen and oxygen atoms in total. The molecule has 2 N–H and O–H groups in total. The Balaban J connectivity index is 1.64. The number of benzene rings is 1. The molecule has 1 heterocycles. The largest absolute Gasteiger partial charge is 0.393 e. The predicted octanol–water partition coefficient (Wildman–Crippen LogP) is 3.18. The van der Waals surface area contributed by atoms with Gasteiger partial charge in [0, 0.05) is 19.1 Å². The average Bonchev–Trinajstić information content (AvgIpc) is 2.54. The molecule has 0 spiro atoms. The van der Waals surface area contributed by atoms with Gasteiger partial charge >= 0.3 is 0 Å². The van der Waals surface area contributed by atoms with Crippen LogP contribution in [0.25, 0.3) is 0 Å². The summed E-state index contributed by atoms with van der Waals surface area (Å²) in [5, 5.41) is 13.2. The first-order valence-corrected chi connectivity index (χ1v) is 9.17. The zero-order valence-corrected chi connectivity index (χ0v) is 15.1. The lowest BCUT2D eigenvalue weighted by Gasteiger charge is -2.30. The first-order valence-electron chi connectivity index (χ1n) is 9.17. The van der Waals surface area contributed by atoms with Crippen LogP contribution in [0.2, 0.25) is 0 Å². The quantitative estimate of drug-likeness (QED) is 0.723. The maximum absolute atomic E-state index is 9.53. The summed E-state index contributed by atoms with van der Waals surface area (Å²) < 4.78 is 0. The number of aliphatic hydroxyl groups excluding tert-OH is 1. The van der Waals surface area contributed by atoms with E-state index in [0.29, 0.717) is 6.04 Å². The Hall–Kier alpha value is -0.900. The normalized spacial score (nSPS) is 19.0. The maximum Gasteiger partial charge on any atom is 0.0564 e. The minimum atomic E-state index is -0.0652. The Kier molecular flexibility index (Phi) is 7.07. The van der Waals surface area contributed by atoms with Crippen molar-refractivity contribution in [3.05, 3.63) is 35.9 Å². The molecular weight excluding hydrogens is 284 g/mol. The first kappa shape index (κ1) is 18.4. The lowest BCUT2D eigenvalue weighted by Crippen LogP contribution is -2.38. The van der Waals surface area contributed by atoms with E-state index in [1.165, 1.54) is 12.0 Å². The summed E-state index contributed by atoms with van der Waals surface area (Å²) >= 11 is 0. The molecule has 1 aliphatic heterocycles. The van der Waals surface area contributed by atoms with Gasteiger partial charge in [0.1, 0.15) is 0 Å². The molecule has 1 unspecified atom stereocenters. The SMILES string of the molecule is CC(CC(C)(C)c1ccccc1)NCCCN1CCC(O)CC1. The van der Waals surface area contributed by atoms with Crippen molar-refractivity contribution in [1.29, 1.82) is 0 Å². The number of hydrogen-bond donors (Lipinski definition) is 2. The molecule has 0 bridgehead atoms. The van der Waals surface area contributed by atoms with Crippen molar-refractivity contribution < 1.29 is 5.11 Å². The van der Waals surface area contributed by atoms with Crippen molar-refractivity contribution >= 4 is 0 Å². The molecule has 1 aromatic carbocycles. The molecule has 0 saturated carbocycles. The highest BCUT2D eigenvalue weighted by molar-refractivity contribution is 5.23. The van der Waals surface area contributed by atoms with Gasteiger partial charge in [-0.2, -0.15) is 0 Å². The van der Waals surface area contributed by atoms with Crippen LogP contribution in [0.4, 0.5) is 0 Å². The Labute approximate surface area is 142 Å². The van der Waals surface area contributed by atoms with Gasteiger partial charge in [0.25, 0.3) is 0 Å². The fourth-order valence-electron chi connectivity index (χ4n) is 3.64. The average molecular weight is 319 g/mol. The molecule has 1 aromatic rings. The Morgan fingerprint density at radius 2 is 1.87 bits per heavy atom. The first-order chi connectivity index (χ1) is 11.0. The van der Waals surface area contributed by atoms with Gasteiger partial charge in [-0.05, 0) is 56.7 Å². The second-order valence-electron chi connectivity index (χ2n) is 7.74. The zero-order valence-electron chi connectivity index (χ0n) is 15.1. The summed E-state index contributed by atoms with van der Waals surface area (Å²) in [4.78, 5) is 2.48. The third-order valence-electron chi connectivity index (χ3n) is 5.07. The zero-order chi connectivity index (χ0) is 16.7. The number of nitrogens with one attached hydrogen (secondary N) is 1. The molecule has 1 fully saturated rings. The van der Waals surface area contributed by atoms with E-state index in [9.17, 15) is 5.11 Å². The van der Waals surface area contributed by atoms with Gasteiger partial charge in [0.2, 0.25) is 0 Å². The van der Waals surface area contributed by atoms with E-state index in [1.807, 2.05) is 0 Å². The van der Waals surface area contributed by atoms with Gasteiger partial charge in [-0.1, -0.05) is 44.2 Å². The van der Waals surface area contributed by atoms with Gasteiger partial charge in [0.05, 0.1) is 6.10 Å². The molecule has 2 rings (SSSR count). The molecule has 23 heavy (non-hydrogen) atoms. The van der Waals surface area contributed by atoms with E-state index in [1.54, 1.807) is 0 Å². The number of piperidine rings is 1. The van der Waals surface area contributed by atoms with Crippen molar-refractivity contribution in [3.8, 4) is 0 Å². The lowest BCUT2D eigenvalue weighted by molar-refractivity contribution is 0.0820. The highest BCUT2D eigenvalue weighted by Crippen LogP contribution is 2.28. The van der Waals surface area contributed by atoms with Crippen LogP contribution in [0, 0.1) is 0 Å². The molecule has 1 aliphatic rings. The van der Waals surface area contributed by atoms with E-state index < -0.39 is 0 Å². The topological polar surface area (TPSA) is 35.5 Å². The number of aliphatic hydroxyl groups is 1. The van der Waals surface area contributed by atoms with Gasteiger partial charge < -0.3 is 15.3 Å². The van der Waals surface area contributed by atoms with Gasteiger partial charge in [0.15, 0.2) is 0 Å². The van der Waals surface area contributed by atoms with E-state index in [-0.39, 0.29) is 11.5 Å². The van der Waals surface area contributed by atoms with Crippen molar-refractivity contribution in [2.75, 3.05) is 26.2 Å². The number of rotatable bonds is 8. The predicted molar refractivity (Wildman–Crippen MR) is 97.8 cm³/mol. The molecule has 0 aromatic heterocycles. The molecule has 0 radical (unpaired) electrons.